The van der Waals surface area contributed by atoms with Gasteiger partial charge in [-0.3, -0.25) is 4.79 Å². The highest BCUT2D eigenvalue weighted by Crippen LogP contribution is 2.90. The molecule has 1 spiro atoms. The van der Waals surface area contributed by atoms with Gasteiger partial charge in [0.1, 0.15) is 5.78 Å². The van der Waals surface area contributed by atoms with Crippen molar-refractivity contribution in [2.24, 2.45) is 28.1 Å². The molecule has 0 aromatic rings. The van der Waals surface area contributed by atoms with E-state index in [1.54, 1.807) is 0 Å². The summed E-state index contributed by atoms with van der Waals surface area (Å²) < 4.78 is 0. The van der Waals surface area contributed by atoms with Crippen molar-refractivity contribution in [2.75, 3.05) is 0 Å². The van der Waals surface area contributed by atoms with Crippen molar-refractivity contribution in [3.8, 4) is 0 Å². The lowest BCUT2D eigenvalue weighted by molar-refractivity contribution is -0.140. The van der Waals surface area contributed by atoms with Gasteiger partial charge in [-0.15, -0.1) is 0 Å². The topological polar surface area (TPSA) is 17.1 Å². The zero-order valence-corrected chi connectivity index (χ0v) is 8.98. The maximum absolute atomic E-state index is 12.0. The summed E-state index contributed by atoms with van der Waals surface area (Å²) in [6.45, 7) is 9.08. The Kier molecular flexibility index (Phi) is 0.997. The number of carbonyl (C=O) groups is 1. The first-order valence-electron chi connectivity index (χ1n) is 5.44. The lowest BCUT2D eigenvalue weighted by atomic mass is 9.55. The monoisotopic (exact) mass is 178 g/mol. The Labute approximate surface area is 79.9 Å². The Morgan fingerprint density at radius 1 is 1.23 bits per heavy atom. The molecule has 3 aliphatic carbocycles. The van der Waals surface area contributed by atoms with Crippen molar-refractivity contribution in [1.82, 2.24) is 0 Å². The van der Waals surface area contributed by atoms with Crippen LogP contribution in [0.1, 0.15) is 40.5 Å². The van der Waals surface area contributed by atoms with Gasteiger partial charge in [0.05, 0.1) is 0 Å². The van der Waals surface area contributed by atoms with E-state index < -0.39 is 0 Å². The highest BCUT2D eigenvalue weighted by atomic mass is 16.1. The number of hydrogen-bond acceptors (Lipinski definition) is 1. The Bertz CT molecular complexity index is 317. The molecular formula is C12H18O. The highest BCUT2D eigenvalue weighted by molar-refractivity contribution is 5.94. The second-order valence-corrected chi connectivity index (χ2v) is 6.16. The van der Waals surface area contributed by atoms with E-state index in [9.17, 15) is 4.79 Å². The molecule has 3 saturated carbocycles. The van der Waals surface area contributed by atoms with Crippen LogP contribution in [0.4, 0.5) is 0 Å². The molecule has 0 aromatic heterocycles. The highest BCUT2D eigenvalue weighted by Gasteiger charge is 2.88. The first kappa shape index (κ1) is 8.02. The predicted octanol–water partition coefficient (Wildman–Crippen LogP) is 2.65. The molecule has 0 amide bonds. The normalized spacial score (nSPS) is 61.1. The molecule has 0 saturated heterocycles. The van der Waals surface area contributed by atoms with Gasteiger partial charge in [0.15, 0.2) is 0 Å². The van der Waals surface area contributed by atoms with Gasteiger partial charge < -0.3 is 0 Å². The molecule has 0 radical (unpaired) electrons. The van der Waals surface area contributed by atoms with Crippen molar-refractivity contribution in [2.45, 2.75) is 40.5 Å². The van der Waals surface area contributed by atoms with Crippen molar-refractivity contribution in [3.05, 3.63) is 0 Å². The number of hydrogen-bond donors (Lipinski definition) is 0. The summed E-state index contributed by atoms with van der Waals surface area (Å²) in [5.74, 6) is 1.59. The van der Waals surface area contributed by atoms with E-state index in [1.165, 1.54) is 6.42 Å². The van der Waals surface area contributed by atoms with Gasteiger partial charge in [-0.25, -0.2) is 0 Å². The minimum atomic E-state index is 0.0700. The Balaban J connectivity index is 2.14. The summed E-state index contributed by atoms with van der Waals surface area (Å²) in [5.41, 5.74) is 0.949. The van der Waals surface area contributed by atoms with Crippen LogP contribution in [0.25, 0.3) is 0 Å². The van der Waals surface area contributed by atoms with Gasteiger partial charge >= 0.3 is 0 Å². The van der Waals surface area contributed by atoms with Gasteiger partial charge in [-0.2, -0.15) is 0 Å². The Hall–Kier alpha value is -0.330. The quantitative estimate of drug-likeness (QED) is 0.557. The van der Waals surface area contributed by atoms with Crippen LogP contribution in [-0.2, 0) is 4.79 Å². The van der Waals surface area contributed by atoms with Gasteiger partial charge in [0.25, 0.3) is 0 Å². The smallest absolute Gasteiger partial charge is 0.142 e. The third kappa shape index (κ3) is 0.461. The first-order valence-corrected chi connectivity index (χ1v) is 5.44. The molecule has 2 unspecified atom stereocenters. The second-order valence-electron chi connectivity index (χ2n) is 6.16. The fraction of sp³-hybridized carbons (Fsp3) is 0.917. The van der Waals surface area contributed by atoms with E-state index in [0.717, 1.165) is 6.42 Å². The molecule has 0 aromatic carbocycles. The minimum Gasteiger partial charge on any atom is -0.299 e. The van der Waals surface area contributed by atoms with Crippen molar-refractivity contribution >= 4 is 5.78 Å². The largest absolute Gasteiger partial charge is 0.299 e. The van der Waals surface area contributed by atoms with E-state index >= 15 is 0 Å². The van der Waals surface area contributed by atoms with Gasteiger partial charge in [0, 0.05) is 11.3 Å². The van der Waals surface area contributed by atoms with Crippen LogP contribution in [-0.4, -0.2) is 5.78 Å². The molecule has 0 heterocycles. The fourth-order valence-electron chi connectivity index (χ4n) is 5.25. The van der Waals surface area contributed by atoms with E-state index in [4.69, 9.17) is 0 Å². The SMILES string of the molecule is CC1C(=O)[C@]2(C)CCC23[C@H]1C3(C)C. The molecule has 3 aliphatic rings. The molecule has 1 heteroatoms. The molecule has 0 N–H and O–H groups in total. The summed E-state index contributed by atoms with van der Waals surface area (Å²) in [6, 6.07) is 0. The number of ketones is 1. The van der Waals surface area contributed by atoms with Crippen LogP contribution < -0.4 is 0 Å². The second kappa shape index (κ2) is 1.62. The molecule has 13 heavy (non-hydrogen) atoms. The van der Waals surface area contributed by atoms with Crippen LogP contribution in [0, 0.1) is 28.1 Å². The summed E-state index contributed by atoms with van der Waals surface area (Å²) >= 11 is 0. The predicted molar refractivity (Wildman–Crippen MR) is 51.2 cm³/mol. The van der Waals surface area contributed by atoms with Crippen LogP contribution in [0.3, 0.4) is 0 Å². The molecule has 0 aliphatic heterocycles. The number of Topliss-reactive ketones (excluding diaryl/α,β-unsaturated/α-hetero) is 1. The minimum absolute atomic E-state index is 0.0700. The average Bonchev–Trinajstić information content (AvgIpc) is 2.55. The van der Waals surface area contributed by atoms with E-state index in [0.29, 0.717) is 28.4 Å². The molecule has 3 rings (SSSR count). The van der Waals surface area contributed by atoms with Crippen molar-refractivity contribution in [3.63, 3.8) is 0 Å². The van der Waals surface area contributed by atoms with E-state index in [2.05, 4.69) is 27.7 Å². The Morgan fingerprint density at radius 3 is 2.15 bits per heavy atom. The first-order chi connectivity index (χ1) is 5.89. The Morgan fingerprint density at radius 2 is 1.85 bits per heavy atom. The molecule has 72 valence electrons. The standard InChI is InChI=1S/C12H18O/c1-7-8-10(2,3)12(8)6-5-11(12,4)9(7)13/h7-8H,5-6H2,1-4H3/t7?,8-,11+,12?/m1/s1. The third-order valence-corrected chi connectivity index (χ3v) is 5.84. The molecule has 0 bridgehead atoms. The number of rotatable bonds is 0. The average molecular weight is 178 g/mol. The lowest BCUT2D eigenvalue weighted by Gasteiger charge is -2.47. The summed E-state index contributed by atoms with van der Waals surface area (Å²) in [6.07, 6.45) is 2.45. The molecule has 1 nitrogen and oxygen atoms in total. The summed E-state index contributed by atoms with van der Waals surface area (Å²) in [7, 11) is 0. The van der Waals surface area contributed by atoms with Crippen molar-refractivity contribution < 1.29 is 4.79 Å². The number of carbonyl (C=O) groups excluding carboxylic acids is 1. The lowest BCUT2D eigenvalue weighted by Crippen LogP contribution is -2.46. The van der Waals surface area contributed by atoms with Crippen LogP contribution >= 0.6 is 0 Å². The van der Waals surface area contributed by atoms with Crippen molar-refractivity contribution in [1.29, 1.82) is 0 Å². The van der Waals surface area contributed by atoms with E-state index in [-0.39, 0.29) is 5.41 Å². The fourth-order valence-corrected chi connectivity index (χ4v) is 5.25. The van der Waals surface area contributed by atoms with Gasteiger partial charge in [0.2, 0.25) is 0 Å². The molecular weight excluding hydrogens is 160 g/mol. The zero-order valence-electron chi connectivity index (χ0n) is 8.98. The third-order valence-electron chi connectivity index (χ3n) is 5.84. The summed E-state index contributed by atoms with van der Waals surface area (Å²) in [4.78, 5) is 12.0. The maximum atomic E-state index is 12.0. The summed E-state index contributed by atoms with van der Waals surface area (Å²) in [5, 5.41) is 0. The van der Waals surface area contributed by atoms with E-state index in [1.807, 2.05) is 0 Å². The molecule has 3 fully saturated rings. The van der Waals surface area contributed by atoms with Gasteiger partial charge in [-0.1, -0.05) is 27.7 Å². The zero-order chi connectivity index (χ0) is 9.65. The maximum Gasteiger partial charge on any atom is 0.142 e. The van der Waals surface area contributed by atoms with Crippen LogP contribution in [0.15, 0.2) is 0 Å². The molecule has 4 atom stereocenters. The van der Waals surface area contributed by atoms with Crippen LogP contribution in [0.2, 0.25) is 0 Å². The van der Waals surface area contributed by atoms with Gasteiger partial charge in [-0.05, 0) is 29.6 Å². The van der Waals surface area contributed by atoms with Crippen LogP contribution in [0.5, 0.6) is 0 Å².